The van der Waals surface area contributed by atoms with Gasteiger partial charge in [-0.05, 0) is 38.1 Å². The molecule has 0 atom stereocenters. The van der Waals surface area contributed by atoms with Gasteiger partial charge in [-0.2, -0.15) is 0 Å². The highest BCUT2D eigenvalue weighted by molar-refractivity contribution is 6.31. The molecule has 3 nitrogen and oxygen atoms in total. The Hall–Kier alpha value is -1.32. The van der Waals surface area contributed by atoms with Crippen LogP contribution in [0.3, 0.4) is 0 Å². The van der Waals surface area contributed by atoms with Crippen molar-refractivity contribution >= 4 is 22.5 Å². The quantitative estimate of drug-likeness (QED) is 0.889. The normalized spacial score (nSPS) is 12.0. The van der Waals surface area contributed by atoms with E-state index in [-0.39, 0.29) is 5.75 Å². The summed E-state index contributed by atoms with van der Waals surface area (Å²) in [5, 5.41) is 11.4. The number of aromatic nitrogens is 1. The molecule has 1 N–H and O–H groups in total. The number of hydrogen-bond acceptors (Lipinski definition) is 3. The molecule has 2 rings (SSSR count). The Morgan fingerprint density at radius 1 is 1.29 bits per heavy atom. The Bertz CT molecular complexity index is 567. The average Bonchev–Trinajstić information content (AvgIpc) is 2.27. The number of ether oxygens (including phenoxy) is 1. The molecule has 17 heavy (non-hydrogen) atoms. The highest BCUT2D eigenvalue weighted by Gasteiger charge is 2.25. The fourth-order valence-corrected chi connectivity index (χ4v) is 1.86. The number of nitrogens with zero attached hydrogens (tertiary/aromatic N) is 1. The first-order valence-corrected chi connectivity index (χ1v) is 5.67. The SMILES string of the molecule is COC(C)(C)c1nc2ccc(Cl)cc2cc1O. The smallest absolute Gasteiger partial charge is 0.140 e. The maximum Gasteiger partial charge on any atom is 0.140 e. The third-order valence-electron chi connectivity index (χ3n) is 2.84. The maximum atomic E-state index is 9.98. The van der Waals surface area contributed by atoms with Crippen LogP contribution in [0.4, 0.5) is 0 Å². The van der Waals surface area contributed by atoms with E-state index in [1.807, 2.05) is 19.9 Å². The van der Waals surface area contributed by atoms with Crippen molar-refractivity contribution in [1.29, 1.82) is 0 Å². The van der Waals surface area contributed by atoms with E-state index in [1.165, 1.54) is 0 Å². The zero-order valence-corrected chi connectivity index (χ0v) is 10.7. The zero-order chi connectivity index (χ0) is 12.6. The largest absolute Gasteiger partial charge is 0.506 e. The predicted octanol–water partition coefficient (Wildman–Crippen LogP) is 3.48. The molecular weight excluding hydrogens is 238 g/mol. The van der Waals surface area contributed by atoms with Crippen LogP contribution in [0.5, 0.6) is 5.75 Å². The van der Waals surface area contributed by atoms with Gasteiger partial charge in [-0.15, -0.1) is 0 Å². The van der Waals surface area contributed by atoms with Crippen molar-refractivity contribution in [3.63, 3.8) is 0 Å². The van der Waals surface area contributed by atoms with Gasteiger partial charge in [0.1, 0.15) is 17.0 Å². The number of pyridine rings is 1. The molecule has 0 aliphatic heterocycles. The Balaban J connectivity index is 2.68. The lowest BCUT2D eigenvalue weighted by atomic mass is 10.0. The highest BCUT2D eigenvalue weighted by Crippen LogP contribution is 2.32. The zero-order valence-electron chi connectivity index (χ0n) is 9.99. The predicted molar refractivity (Wildman–Crippen MR) is 68.5 cm³/mol. The van der Waals surface area contributed by atoms with Crippen LogP contribution in [-0.4, -0.2) is 17.2 Å². The lowest BCUT2D eigenvalue weighted by Gasteiger charge is -2.23. The van der Waals surface area contributed by atoms with Gasteiger partial charge in [0.15, 0.2) is 0 Å². The summed E-state index contributed by atoms with van der Waals surface area (Å²) in [6.07, 6.45) is 0. The lowest BCUT2D eigenvalue weighted by Crippen LogP contribution is -2.21. The summed E-state index contributed by atoms with van der Waals surface area (Å²) in [6, 6.07) is 7.03. The van der Waals surface area contributed by atoms with Crippen LogP contribution in [0, 0.1) is 0 Å². The van der Waals surface area contributed by atoms with E-state index in [2.05, 4.69) is 4.98 Å². The summed E-state index contributed by atoms with van der Waals surface area (Å²) < 4.78 is 5.33. The number of methoxy groups -OCH3 is 1. The molecule has 0 saturated heterocycles. The summed E-state index contributed by atoms with van der Waals surface area (Å²) in [7, 11) is 1.59. The molecule has 2 aromatic rings. The number of benzene rings is 1. The number of halogens is 1. The fraction of sp³-hybridized carbons (Fsp3) is 0.308. The van der Waals surface area contributed by atoms with Crippen LogP contribution in [-0.2, 0) is 10.3 Å². The van der Waals surface area contributed by atoms with Crippen molar-refractivity contribution in [1.82, 2.24) is 4.98 Å². The second-order valence-corrected chi connectivity index (χ2v) is 4.84. The second kappa shape index (κ2) is 4.17. The first kappa shape index (κ1) is 12.1. The van der Waals surface area contributed by atoms with Crippen LogP contribution < -0.4 is 0 Å². The van der Waals surface area contributed by atoms with E-state index in [1.54, 1.807) is 25.3 Å². The molecule has 0 aliphatic rings. The number of hydrogen-bond donors (Lipinski definition) is 1. The van der Waals surface area contributed by atoms with E-state index < -0.39 is 5.60 Å². The summed E-state index contributed by atoms with van der Waals surface area (Å²) >= 11 is 5.89. The minimum atomic E-state index is -0.627. The fourth-order valence-electron chi connectivity index (χ4n) is 1.68. The van der Waals surface area contributed by atoms with E-state index >= 15 is 0 Å². The van der Waals surface area contributed by atoms with Crippen LogP contribution in [0.2, 0.25) is 5.02 Å². The van der Waals surface area contributed by atoms with E-state index in [9.17, 15) is 5.11 Å². The molecule has 0 radical (unpaired) electrons. The molecule has 0 aliphatic carbocycles. The van der Waals surface area contributed by atoms with Crippen LogP contribution in [0.25, 0.3) is 10.9 Å². The van der Waals surface area contributed by atoms with Gasteiger partial charge < -0.3 is 9.84 Å². The molecule has 0 saturated carbocycles. The minimum absolute atomic E-state index is 0.117. The lowest BCUT2D eigenvalue weighted by molar-refractivity contribution is 0.0138. The van der Waals surface area contributed by atoms with E-state index in [4.69, 9.17) is 16.3 Å². The highest BCUT2D eigenvalue weighted by atomic mass is 35.5. The van der Waals surface area contributed by atoms with Crippen molar-refractivity contribution in [2.24, 2.45) is 0 Å². The molecule has 0 fully saturated rings. The standard InChI is InChI=1S/C13H14ClNO2/c1-13(2,17-3)12-11(16)7-8-6-9(14)4-5-10(8)15-12/h4-7,16H,1-3H3. The monoisotopic (exact) mass is 251 g/mol. The minimum Gasteiger partial charge on any atom is -0.506 e. The first-order chi connectivity index (χ1) is 7.94. The molecular formula is C13H14ClNO2. The Morgan fingerprint density at radius 3 is 2.65 bits per heavy atom. The van der Waals surface area contributed by atoms with Crippen molar-refractivity contribution in [3.05, 3.63) is 35.0 Å². The molecule has 1 aromatic carbocycles. The summed E-state index contributed by atoms with van der Waals surface area (Å²) in [4.78, 5) is 4.42. The van der Waals surface area contributed by atoms with Gasteiger partial charge in [0.05, 0.1) is 5.52 Å². The second-order valence-electron chi connectivity index (χ2n) is 4.41. The molecule has 0 amide bonds. The van der Waals surface area contributed by atoms with Gasteiger partial charge in [-0.25, -0.2) is 4.98 Å². The van der Waals surface area contributed by atoms with Gasteiger partial charge in [0, 0.05) is 17.5 Å². The van der Waals surface area contributed by atoms with E-state index in [0.29, 0.717) is 10.7 Å². The van der Waals surface area contributed by atoms with Crippen LogP contribution in [0.15, 0.2) is 24.3 Å². The van der Waals surface area contributed by atoms with Crippen molar-refractivity contribution in [2.75, 3.05) is 7.11 Å². The average molecular weight is 252 g/mol. The van der Waals surface area contributed by atoms with Gasteiger partial charge in [0.25, 0.3) is 0 Å². The van der Waals surface area contributed by atoms with Crippen LogP contribution in [0.1, 0.15) is 19.5 Å². The molecule has 0 bridgehead atoms. The number of fused-ring (bicyclic) bond motifs is 1. The molecule has 0 unspecified atom stereocenters. The summed E-state index contributed by atoms with van der Waals surface area (Å²) in [6.45, 7) is 3.72. The van der Waals surface area contributed by atoms with E-state index in [0.717, 1.165) is 10.9 Å². The van der Waals surface area contributed by atoms with Crippen molar-refractivity contribution < 1.29 is 9.84 Å². The van der Waals surface area contributed by atoms with Gasteiger partial charge in [0.2, 0.25) is 0 Å². The van der Waals surface area contributed by atoms with Gasteiger partial charge in [-0.1, -0.05) is 11.6 Å². The Labute approximate surface area is 105 Å². The first-order valence-electron chi connectivity index (χ1n) is 5.29. The molecule has 0 spiro atoms. The Kier molecular flexibility index (Phi) is 2.98. The van der Waals surface area contributed by atoms with Crippen molar-refractivity contribution in [2.45, 2.75) is 19.4 Å². The molecule has 90 valence electrons. The molecule has 1 heterocycles. The number of rotatable bonds is 2. The number of aromatic hydroxyl groups is 1. The Morgan fingerprint density at radius 2 is 2.00 bits per heavy atom. The van der Waals surface area contributed by atoms with Crippen LogP contribution >= 0.6 is 11.6 Å². The summed E-state index contributed by atoms with van der Waals surface area (Å²) in [5.41, 5.74) is 0.680. The maximum absolute atomic E-state index is 9.98. The molecule has 1 aromatic heterocycles. The third-order valence-corrected chi connectivity index (χ3v) is 3.07. The molecule has 4 heteroatoms. The summed E-state index contributed by atoms with van der Waals surface area (Å²) in [5.74, 6) is 0.117. The van der Waals surface area contributed by atoms with Crippen molar-refractivity contribution in [3.8, 4) is 5.75 Å². The van der Waals surface area contributed by atoms with Gasteiger partial charge in [-0.3, -0.25) is 0 Å². The topological polar surface area (TPSA) is 42.4 Å². The third kappa shape index (κ3) is 2.21. The van der Waals surface area contributed by atoms with Gasteiger partial charge >= 0.3 is 0 Å².